The maximum Gasteiger partial charge on any atom is 0.238 e. The Morgan fingerprint density at radius 3 is 2.69 bits per heavy atom. The number of hydrogen-bond donors (Lipinski definition) is 3. The average molecular weight is 223 g/mol. The number of benzene rings is 1. The summed E-state index contributed by atoms with van der Waals surface area (Å²) in [5.41, 5.74) is 6.91. The van der Waals surface area contributed by atoms with E-state index in [-0.39, 0.29) is 23.8 Å². The van der Waals surface area contributed by atoms with E-state index in [9.17, 15) is 9.18 Å². The first kappa shape index (κ1) is 11.0. The van der Waals surface area contributed by atoms with Crippen LogP contribution in [0.2, 0.25) is 0 Å². The lowest BCUT2D eigenvalue weighted by Crippen LogP contribution is -2.41. The Bertz CT molecular complexity index is 379. The summed E-state index contributed by atoms with van der Waals surface area (Å²) in [6.07, 6.45) is 0.658. The van der Waals surface area contributed by atoms with Gasteiger partial charge < -0.3 is 5.32 Å². The Hall–Kier alpha value is -1.46. The van der Waals surface area contributed by atoms with E-state index in [1.54, 1.807) is 19.2 Å². The van der Waals surface area contributed by atoms with E-state index in [1.165, 1.54) is 12.1 Å². The molecule has 2 atom stereocenters. The lowest BCUT2D eigenvalue weighted by molar-refractivity contribution is -0.122. The van der Waals surface area contributed by atoms with Gasteiger partial charge in [0.25, 0.3) is 0 Å². The molecule has 86 valence electrons. The molecule has 0 radical (unpaired) electrons. The van der Waals surface area contributed by atoms with Crippen LogP contribution in [0.15, 0.2) is 24.3 Å². The lowest BCUT2D eigenvalue weighted by Gasteiger charge is -2.09. The fraction of sp³-hybridized carbons (Fsp3) is 0.364. The van der Waals surface area contributed by atoms with Gasteiger partial charge in [-0.05, 0) is 24.1 Å². The van der Waals surface area contributed by atoms with Crippen LogP contribution in [0.5, 0.6) is 0 Å². The summed E-state index contributed by atoms with van der Waals surface area (Å²) in [6.45, 7) is 0. The first-order valence-corrected chi connectivity index (χ1v) is 5.19. The van der Waals surface area contributed by atoms with Crippen molar-refractivity contribution in [3.8, 4) is 0 Å². The van der Waals surface area contributed by atoms with Crippen LogP contribution in [0, 0.1) is 5.82 Å². The lowest BCUT2D eigenvalue weighted by atomic mass is 10.0. The van der Waals surface area contributed by atoms with Crippen LogP contribution in [0.25, 0.3) is 0 Å². The van der Waals surface area contributed by atoms with Crippen molar-refractivity contribution in [3.63, 3.8) is 0 Å². The summed E-state index contributed by atoms with van der Waals surface area (Å²) < 4.78 is 12.7. The third-order valence-electron chi connectivity index (χ3n) is 2.74. The molecular weight excluding hydrogens is 209 g/mol. The second-order valence-electron chi connectivity index (χ2n) is 3.80. The number of hydrazine groups is 1. The summed E-state index contributed by atoms with van der Waals surface area (Å²) in [5.74, 6) is -0.297. The SMILES string of the molecule is CNC(=O)C1CC(c2ccc(F)cc2)NN1. The number of amides is 1. The van der Waals surface area contributed by atoms with Crippen molar-refractivity contribution in [2.45, 2.75) is 18.5 Å². The number of likely N-dealkylation sites (N-methyl/N-ethyl adjacent to an activating group) is 1. The van der Waals surface area contributed by atoms with Gasteiger partial charge in [-0.25, -0.2) is 15.2 Å². The van der Waals surface area contributed by atoms with Crippen LogP contribution in [-0.2, 0) is 4.79 Å². The summed E-state index contributed by atoms with van der Waals surface area (Å²) in [7, 11) is 1.61. The number of halogens is 1. The van der Waals surface area contributed by atoms with Gasteiger partial charge in [0.15, 0.2) is 0 Å². The highest BCUT2D eigenvalue weighted by Gasteiger charge is 2.29. The Kier molecular flexibility index (Phi) is 3.17. The quantitative estimate of drug-likeness (QED) is 0.683. The van der Waals surface area contributed by atoms with Gasteiger partial charge in [0.1, 0.15) is 11.9 Å². The van der Waals surface area contributed by atoms with Gasteiger partial charge in [0.2, 0.25) is 5.91 Å². The Morgan fingerprint density at radius 1 is 1.38 bits per heavy atom. The van der Waals surface area contributed by atoms with Crippen LogP contribution < -0.4 is 16.2 Å². The van der Waals surface area contributed by atoms with Crippen LogP contribution in [0.4, 0.5) is 4.39 Å². The molecule has 0 aliphatic carbocycles. The van der Waals surface area contributed by atoms with Crippen molar-refractivity contribution in [1.29, 1.82) is 0 Å². The number of nitrogens with one attached hydrogen (secondary N) is 3. The molecule has 2 unspecified atom stereocenters. The van der Waals surface area contributed by atoms with Crippen molar-refractivity contribution in [2.24, 2.45) is 0 Å². The van der Waals surface area contributed by atoms with Crippen molar-refractivity contribution in [2.75, 3.05) is 7.05 Å². The van der Waals surface area contributed by atoms with Crippen molar-refractivity contribution < 1.29 is 9.18 Å². The zero-order valence-electron chi connectivity index (χ0n) is 8.96. The average Bonchev–Trinajstić information content (AvgIpc) is 2.78. The van der Waals surface area contributed by atoms with Crippen molar-refractivity contribution >= 4 is 5.91 Å². The zero-order chi connectivity index (χ0) is 11.5. The van der Waals surface area contributed by atoms with Gasteiger partial charge in [-0.1, -0.05) is 12.1 Å². The summed E-state index contributed by atoms with van der Waals surface area (Å²) in [5, 5.41) is 2.59. The molecule has 2 rings (SSSR count). The molecule has 1 aromatic carbocycles. The minimum absolute atomic E-state index is 0.0443. The molecule has 0 aromatic heterocycles. The number of hydrogen-bond acceptors (Lipinski definition) is 3. The molecule has 1 aliphatic rings. The Balaban J connectivity index is 2.03. The highest BCUT2D eigenvalue weighted by Crippen LogP contribution is 2.22. The largest absolute Gasteiger partial charge is 0.358 e. The molecule has 0 saturated carbocycles. The van der Waals surface area contributed by atoms with E-state index in [4.69, 9.17) is 0 Å². The van der Waals surface area contributed by atoms with Gasteiger partial charge in [-0.3, -0.25) is 4.79 Å². The third-order valence-corrected chi connectivity index (χ3v) is 2.74. The van der Waals surface area contributed by atoms with E-state index in [0.29, 0.717) is 6.42 Å². The summed E-state index contributed by atoms with van der Waals surface area (Å²) in [4.78, 5) is 11.4. The smallest absolute Gasteiger partial charge is 0.238 e. The van der Waals surface area contributed by atoms with Gasteiger partial charge >= 0.3 is 0 Å². The monoisotopic (exact) mass is 223 g/mol. The second kappa shape index (κ2) is 4.59. The summed E-state index contributed by atoms with van der Waals surface area (Å²) in [6, 6.07) is 6.10. The Morgan fingerprint density at radius 2 is 2.06 bits per heavy atom. The van der Waals surface area contributed by atoms with Crippen LogP contribution in [0.3, 0.4) is 0 Å². The normalized spacial score (nSPS) is 24.4. The van der Waals surface area contributed by atoms with E-state index in [1.807, 2.05) is 0 Å². The maximum absolute atomic E-state index is 12.7. The molecule has 1 fully saturated rings. The molecule has 1 aromatic rings. The number of carbonyl (C=O) groups excluding carboxylic acids is 1. The fourth-order valence-corrected chi connectivity index (χ4v) is 1.82. The maximum atomic E-state index is 12.7. The molecule has 16 heavy (non-hydrogen) atoms. The number of rotatable bonds is 2. The van der Waals surface area contributed by atoms with Crippen molar-refractivity contribution in [1.82, 2.24) is 16.2 Å². The van der Waals surface area contributed by atoms with Crippen molar-refractivity contribution in [3.05, 3.63) is 35.6 Å². The first-order valence-electron chi connectivity index (χ1n) is 5.19. The highest BCUT2D eigenvalue weighted by molar-refractivity contribution is 5.81. The van der Waals surface area contributed by atoms with E-state index in [2.05, 4.69) is 16.2 Å². The summed E-state index contributed by atoms with van der Waals surface area (Å²) >= 11 is 0. The molecule has 0 spiro atoms. The van der Waals surface area contributed by atoms with Crippen LogP contribution >= 0.6 is 0 Å². The van der Waals surface area contributed by atoms with E-state index < -0.39 is 0 Å². The molecule has 3 N–H and O–H groups in total. The molecular formula is C11H14FN3O. The van der Waals surface area contributed by atoms with Gasteiger partial charge in [0, 0.05) is 13.1 Å². The molecule has 1 heterocycles. The van der Waals surface area contributed by atoms with E-state index in [0.717, 1.165) is 5.56 Å². The highest BCUT2D eigenvalue weighted by atomic mass is 19.1. The van der Waals surface area contributed by atoms with E-state index >= 15 is 0 Å². The molecule has 4 nitrogen and oxygen atoms in total. The first-order chi connectivity index (χ1) is 7.70. The molecule has 1 amide bonds. The van der Waals surface area contributed by atoms with Gasteiger partial charge in [-0.2, -0.15) is 0 Å². The predicted molar refractivity (Wildman–Crippen MR) is 57.9 cm³/mol. The third kappa shape index (κ3) is 2.20. The van der Waals surface area contributed by atoms with Crippen LogP contribution in [0.1, 0.15) is 18.0 Å². The molecule has 1 saturated heterocycles. The topological polar surface area (TPSA) is 53.2 Å². The predicted octanol–water partition coefficient (Wildman–Crippen LogP) is 0.479. The minimum atomic E-state index is -0.252. The molecule has 0 bridgehead atoms. The number of carbonyl (C=O) groups is 1. The van der Waals surface area contributed by atoms with Gasteiger partial charge in [-0.15, -0.1) is 0 Å². The molecule has 1 aliphatic heterocycles. The van der Waals surface area contributed by atoms with Gasteiger partial charge in [0.05, 0.1) is 0 Å². The van der Waals surface area contributed by atoms with Crippen LogP contribution in [-0.4, -0.2) is 19.0 Å². The zero-order valence-corrected chi connectivity index (χ0v) is 8.96. The Labute approximate surface area is 93.2 Å². The standard InChI is InChI=1S/C11H14FN3O/c1-13-11(16)10-6-9(14-15-10)7-2-4-8(12)5-3-7/h2-5,9-10,14-15H,6H2,1H3,(H,13,16). The fourth-order valence-electron chi connectivity index (χ4n) is 1.82. The molecule has 5 heteroatoms. The second-order valence-corrected chi connectivity index (χ2v) is 3.80. The minimum Gasteiger partial charge on any atom is -0.358 e.